The summed E-state index contributed by atoms with van der Waals surface area (Å²) in [7, 11) is 0. The van der Waals surface area contributed by atoms with Crippen LogP contribution in [0, 0.1) is 12.7 Å². The average Bonchev–Trinajstić information content (AvgIpc) is 2.93. The summed E-state index contributed by atoms with van der Waals surface area (Å²) in [6, 6.07) is 4.20. The lowest BCUT2D eigenvalue weighted by atomic mass is 9.92. The predicted molar refractivity (Wildman–Crippen MR) is 83.6 cm³/mol. The van der Waals surface area contributed by atoms with Gasteiger partial charge in [-0.1, -0.05) is 6.07 Å². The summed E-state index contributed by atoms with van der Waals surface area (Å²) in [5.74, 6) is -0.0663. The van der Waals surface area contributed by atoms with Gasteiger partial charge in [-0.3, -0.25) is 0 Å². The van der Waals surface area contributed by atoms with Gasteiger partial charge in [0.15, 0.2) is 0 Å². The third-order valence-electron chi connectivity index (χ3n) is 3.79. The zero-order chi connectivity index (χ0) is 18.4. The Labute approximate surface area is 140 Å². The molecule has 0 bridgehead atoms. The van der Waals surface area contributed by atoms with Crippen molar-refractivity contribution in [3.8, 4) is 0 Å². The molecule has 5 nitrogen and oxygen atoms in total. The highest BCUT2D eigenvalue weighted by Gasteiger charge is 2.33. The Bertz CT molecular complexity index is 930. The number of alkyl halides is 3. The fraction of sp³-hybridized carbons (Fsp3) is 0.312. The van der Waals surface area contributed by atoms with Crippen molar-refractivity contribution in [2.75, 3.05) is 5.32 Å². The van der Waals surface area contributed by atoms with E-state index in [1.807, 2.05) is 0 Å². The third kappa shape index (κ3) is 3.26. The second-order valence-electron chi connectivity index (χ2n) is 6.20. The summed E-state index contributed by atoms with van der Waals surface area (Å²) < 4.78 is 53.9. The molecule has 132 valence electrons. The zero-order valence-electron chi connectivity index (χ0n) is 13.7. The number of halogens is 4. The lowest BCUT2D eigenvalue weighted by Crippen LogP contribution is -2.30. The van der Waals surface area contributed by atoms with Gasteiger partial charge in [0.05, 0.1) is 11.1 Å². The quantitative estimate of drug-likeness (QED) is 0.725. The third-order valence-corrected chi connectivity index (χ3v) is 3.79. The number of anilines is 1. The molecule has 0 radical (unpaired) electrons. The summed E-state index contributed by atoms with van der Waals surface area (Å²) >= 11 is 0. The van der Waals surface area contributed by atoms with Gasteiger partial charge in [0.25, 0.3) is 5.78 Å². The SMILES string of the molecule is Cc1cc(NC(C)(C)c2ccc(C(F)(F)F)cc2F)n2ncnc2n1. The van der Waals surface area contributed by atoms with Crippen molar-refractivity contribution >= 4 is 11.6 Å². The number of benzene rings is 1. The van der Waals surface area contributed by atoms with Crippen LogP contribution >= 0.6 is 0 Å². The van der Waals surface area contributed by atoms with Crippen LogP contribution in [0.15, 0.2) is 30.6 Å². The minimum absolute atomic E-state index is 0.100. The Hall–Kier alpha value is -2.71. The second kappa shape index (κ2) is 5.68. The maximum atomic E-state index is 14.3. The van der Waals surface area contributed by atoms with Crippen molar-refractivity contribution in [1.29, 1.82) is 0 Å². The van der Waals surface area contributed by atoms with E-state index >= 15 is 0 Å². The van der Waals surface area contributed by atoms with Crippen LogP contribution in [0.2, 0.25) is 0 Å². The number of aromatic nitrogens is 4. The first kappa shape index (κ1) is 17.1. The van der Waals surface area contributed by atoms with Crippen molar-refractivity contribution in [3.05, 3.63) is 53.2 Å². The summed E-state index contributed by atoms with van der Waals surface area (Å²) in [4.78, 5) is 8.21. The average molecular weight is 353 g/mol. The summed E-state index contributed by atoms with van der Waals surface area (Å²) in [6.07, 6.45) is -3.26. The fourth-order valence-corrected chi connectivity index (χ4v) is 2.61. The van der Waals surface area contributed by atoms with Gasteiger partial charge in [0.1, 0.15) is 18.0 Å². The first-order valence-electron chi connectivity index (χ1n) is 7.41. The highest BCUT2D eigenvalue weighted by atomic mass is 19.4. The number of hydrogen-bond donors (Lipinski definition) is 1. The van der Waals surface area contributed by atoms with Crippen LogP contribution < -0.4 is 5.32 Å². The molecule has 0 saturated carbocycles. The first-order valence-corrected chi connectivity index (χ1v) is 7.41. The van der Waals surface area contributed by atoms with Gasteiger partial charge >= 0.3 is 6.18 Å². The fourth-order valence-electron chi connectivity index (χ4n) is 2.61. The molecule has 0 aliphatic rings. The standard InChI is InChI=1S/C16H15F4N5/c1-9-6-13(25-14(23-9)21-8-22-25)24-15(2,3)11-5-4-10(7-12(11)17)16(18,19)20/h4-8,24H,1-3H3. The van der Waals surface area contributed by atoms with E-state index in [0.717, 1.165) is 12.1 Å². The van der Waals surface area contributed by atoms with Crippen LogP contribution in [0.3, 0.4) is 0 Å². The van der Waals surface area contributed by atoms with E-state index in [9.17, 15) is 17.6 Å². The van der Waals surface area contributed by atoms with E-state index in [2.05, 4.69) is 20.4 Å². The topological polar surface area (TPSA) is 55.1 Å². The maximum absolute atomic E-state index is 14.3. The summed E-state index contributed by atoms with van der Waals surface area (Å²) in [6.45, 7) is 5.10. The minimum atomic E-state index is -4.59. The Kier molecular flexibility index (Phi) is 3.89. The molecular formula is C16H15F4N5. The molecular weight excluding hydrogens is 338 g/mol. The summed E-state index contributed by atoms with van der Waals surface area (Å²) in [5, 5.41) is 7.15. The minimum Gasteiger partial charge on any atom is -0.361 e. The van der Waals surface area contributed by atoms with E-state index in [1.54, 1.807) is 26.8 Å². The lowest BCUT2D eigenvalue weighted by Gasteiger charge is -2.29. The molecule has 0 aliphatic carbocycles. The van der Waals surface area contributed by atoms with Crippen molar-refractivity contribution in [3.63, 3.8) is 0 Å². The number of fused-ring (bicyclic) bond motifs is 1. The molecule has 1 aromatic carbocycles. The number of hydrogen-bond acceptors (Lipinski definition) is 4. The van der Waals surface area contributed by atoms with Gasteiger partial charge in [0, 0.05) is 17.3 Å². The Balaban J connectivity index is 2.00. The predicted octanol–water partition coefficient (Wildman–Crippen LogP) is 3.94. The van der Waals surface area contributed by atoms with E-state index < -0.39 is 23.1 Å². The molecule has 1 N–H and O–H groups in total. The van der Waals surface area contributed by atoms with Crippen molar-refractivity contribution in [1.82, 2.24) is 19.6 Å². The van der Waals surface area contributed by atoms with Gasteiger partial charge < -0.3 is 5.32 Å². The van der Waals surface area contributed by atoms with Crippen molar-refractivity contribution < 1.29 is 17.6 Å². The van der Waals surface area contributed by atoms with Crippen LogP contribution in [-0.4, -0.2) is 19.6 Å². The monoisotopic (exact) mass is 353 g/mol. The van der Waals surface area contributed by atoms with Gasteiger partial charge in [-0.05, 0) is 32.9 Å². The van der Waals surface area contributed by atoms with Crippen LogP contribution in [0.4, 0.5) is 23.4 Å². The normalized spacial score (nSPS) is 12.6. The number of rotatable bonds is 3. The molecule has 9 heteroatoms. The van der Waals surface area contributed by atoms with Gasteiger partial charge in [-0.15, -0.1) is 0 Å². The highest BCUT2D eigenvalue weighted by molar-refractivity contribution is 5.48. The van der Waals surface area contributed by atoms with Crippen molar-refractivity contribution in [2.24, 2.45) is 0 Å². The Morgan fingerprint density at radius 1 is 1.12 bits per heavy atom. The molecule has 2 aromatic heterocycles. The van der Waals surface area contributed by atoms with Gasteiger partial charge in [-0.2, -0.15) is 27.8 Å². The largest absolute Gasteiger partial charge is 0.416 e. The molecule has 0 saturated heterocycles. The van der Waals surface area contributed by atoms with Crippen LogP contribution in [-0.2, 0) is 11.7 Å². The molecule has 0 atom stereocenters. The molecule has 3 aromatic rings. The first-order chi connectivity index (χ1) is 11.6. The lowest BCUT2D eigenvalue weighted by molar-refractivity contribution is -0.137. The molecule has 0 fully saturated rings. The number of aryl methyl sites for hydroxylation is 1. The maximum Gasteiger partial charge on any atom is 0.416 e. The van der Waals surface area contributed by atoms with Gasteiger partial charge in [0.2, 0.25) is 0 Å². The van der Waals surface area contributed by atoms with E-state index in [0.29, 0.717) is 23.4 Å². The number of nitrogens with one attached hydrogen (secondary N) is 1. The summed E-state index contributed by atoms with van der Waals surface area (Å²) in [5.41, 5.74) is -1.25. The van der Waals surface area contributed by atoms with Crippen LogP contribution in [0.5, 0.6) is 0 Å². The molecule has 25 heavy (non-hydrogen) atoms. The molecule has 0 amide bonds. The van der Waals surface area contributed by atoms with Gasteiger partial charge in [-0.25, -0.2) is 9.37 Å². The van der Waals surface area contributed by atoms with E-state index in [4.69, 9.17) is 0 Å². The molecule has 2 heterocycles. The van der Waals surface area contributed by atoms with Crippen LogP contribution in [0.25, 0.3) is 5.78 Å². The Morgan fingerprint density at radius 3 is 2.48 bits per heavy atom. The Morgan fingerprint density at radius 2 is 1.84 bits per heavy atom. The molecule has 0 unspecified atom stereocenters. The number of nitrogens with zero attached hydrogens (tertiary/aromatic N) is 4. The molecule has 0 spiro atoms. The van der Waals surface area contributed by atoms with Crippen LogP contribution in [0.1, 0.15) is 30.7 Å². The molecule has 3 rings (SSSR count). The van der Waals surface area contributed by atoms with E-state index in [1.165, 1.54) is 10.8 Å². The smallest absolute Gasteiger partial charge is 0.361 e. The van der Waals surface area contributed by atoms with E-state index in [-0.39, 0.29) is 5.56 Å². The highest BCUT2D eigenvalue weighted by Crippen LogP contribution is 2.34. The zero-order valence-corrected chi connectivity index (χ0v) is 13.7. The molecule has 0 aliphatic heterocycles. The van der Waals surface area contributed by atoms with Crippen molar-refractivity contribution in [2.45, 2.75) is 32.5 Å². The second-order valence-corrected chi connectivity index (χ2v) is 6.20.